The lowest BCUT2D eigenvalue weighted by Gasteiger charge is -2.18. The van der Waals surface area contributed by atoms with E-state index < -0.39 is 5.97 Å². The lowest BCUT2D eigenvalue weighted by Crippen LogP contribution is -2.14. The highest BCUT2D eigenvalue weighted by Gasteiger charge is 2.18. The van der Waals surface area contributed by atoms with Gasteiger partial charge in [-0.25, -0.2) is 9.78 Å². The lowest BCUT2D eigenvalue weighted by atomic mass is 9.92. The average Bonchev–Trinajstić information content (AvgIpc) is 2.64. The van der Waals surface area contributed by atoms with Gasteiger partial charge in [-0.1, -0.05) is 51.1 Å². The van der Waals surface area contributed by atoms with Gasteiger partial charge in [-0.3, -0.25) is 0 Å². The van der Waals surface area contributed by atoms with E-state index in [1.165, 1.54) is 20.5 Å². The van der Waals surface area contributed by atoms with Crippen LogP contribution in [-0.4, -0.2) is 25.2 Å². The van der Waals surface area contributed by atoms with Crippen LogP contribution in [-0.2, 0) is 26.3 Å². The number of carbonyl (C=O) groups is 1. The molecule has 5 heteroatoms. The van der Waals surface area contributed by atoms with Gasteiger partial charge in [-0.05, 0) is 17.2 Å². The Labute approximate surface area is 154 Å². The Balaban J connectivity index is 2.26. The molecule has 1 aromatic carbocycles. The van der Waals surface area contributed by atoms with Crippen LogP contribution in [0.1, 0.15) is 37.6 Å². The minimum absolute atomic E-state index is 0.0590. The molecule has 0 spiro atoms. The molecule has 0 aliphatic carbocycles. The van der Waals surface area contributed by atoms with Gasteiger partial charge in [0.15, 0.2) is 0 Å². The Kier molecular flexibility index (Phi) is 6.39. The van der Waals surface area contributed by atoms with E-state index in [2.05, 4.69) is 25.8 Å². The number of pyridine rings is 1. The van der Waals surface area contributed by atoms with Gasteiger partial charge in [-0.2, -0.15) is 0 Å². The summed E-state index contributed by atoms with van der Waals surface area (Å²) < 4.78 is 15.8. The van der Waals surface area contributed by atoms with Crippen molar-refractivity contribution in [3.63, 3.8) is 0 Å². The number of ether oxygens (including phenoxy) is 3. The fourth-order valence-corrected chi connectivity index (χ4v) is 2.42. The van der Waals surface area contributed by atoms with Gasteiger partial charge in [0.25, 0.3) is 0 Å². The normalized spacial score (nSPS) is 11.8. The second-order valence-corrected chi connectivity index (χ2v) is 6.82. The van der Waals surface area contributed by atoms with Crippen LogP contribution in [0.5, 0.6) is 5.88 Å². The molecule has 2 aromatic rings. The summed E-state index contributed by atoms with van der Waals surface area (Å²) in [6.45, 7) is 6.58. The van der Waals surface area contributed by atoms with Crippen LogP contribution in [0.4, 0.5) is 0 Å². The molecule has 26 heavy (non-hydrogen) atoms. The number of carbonyl (C=O) groups excluding carboxylic acids is 1. The van der Waals surface area contributed by atoms with Gasteiger partial charge >= 0.3 is 5.97 Å². The highest BCUT2D eigenvalue weighted by atomic mass is 16.5. The molecule has 0 amide bonds. The van der Waals surface area contributed by atoms with Crippen LogP contribution in [0.2, 0.25) is 0 Å². The number of hydrogen-bond donors (Lipinski definition) is 0. The van der Waals surface area contributed by atoms with Gasteiger partial charge in [0, 0.05) is 17.2 Å². The molecule has 0 aliphatic heterocycles. The first kappa shape index (κ1) is 19.5. The summed E-state index contributed by atoms with van der Waals surface area (Å²) in [5.41, 5.74) is 2.78. The van der Waals surface area contributed by atoms with E-state index in [1.807, 2.05) is 42.5 Å². The predicted octanol–water partition coefficient (Wildman–Crippen LogP) is 4.12. The molecular formula is C21H25NO4. The molecule has 0 bridgehead atoms. The molecule has 0 aliphatic rings. The fourth-order valence-electron chi connectivity index (χ4n) is 2.42. The third kappa shape index (κ3) is 4.85. The first-order valence-corrected chi connectivity index (χ1v) is 8.36. The fraction of sp³-hybridized carbons (Fsp3) is 0.333. The van der Waals surface area contributed by atoms with Crippen LogP contribution in [0.15, 0.2) is 48.7 Å². The summed E-state index contributed by atoms with van der Waals surface area (Å²) in [6, 6.07) is 13.2. The van der Waals surface area contributed by atoms with Crippen molar-refractivity contribution in [1.82, 2.24) is 4.98 Å². The maximum absolute atomic E-state index is 12.1. The molecule has 0 fully saturated rings. The Bertz CT molecular complexity index is 791. The highest BCUT2D eigenvalue weighted by Crippen LogP contribution is 2.24. The molecule has 138 valence electrons. The Morgan fingerprint density at radius 1 is 1.08 bits per heavy atom. The van der Waals surface area contributed by atoms with E-state index in [1.54, 1.807) is 0 Å². The molecule has 0 radical (unpaired) electrons. The van der Waals surface area contributed by atoms with Crippen molar-refractivity contribution in [3.8, 4) is 5.88 Å². The quantitative estimate of drug-likeness (QED) is 0.443. The monoisotopic (exact) mass is 355 g/mol. The zero-order chi connectivity index (χ0) is 19.2. The van der Waals surface area contributed by atoms with Crippen LogP contribution < -0.4 is 4.74 Å². The highest BCUT2D eigenvalue weighted by molar-refractivity contribution is 6.16. The summed E-state index contributed by atoms with van der Waals surface area (Å²) in [4.78, 5) is 16.6. The third-order valence-corrected chi connectivity index (χ3v) is 3.82. The second kappa shape index (κ2) is 8.52. The first-order valence-electron chi connectivity index (χ1n) is 8.36. The molecule has 0 unspecified atom stereocenters. The van der Waals surface area contributed by atoms with E-state index in [0.717, 1.165) is 11.3 Å². The standard InChI is InChI=1S/C21H25NO4/c1-21(2,3)18-11-8-12-19(22-18)26-13-15-9-6-7-10-16(15)17(14-24-4)20(23)25-5/h6-12,14H,13H2,1-5H3/b17-14+. The number of nitrogens with zero attached hydrogens (tertiary/aromatic N) is 1. The average molecular weight is 355 g/mol. The van der Waals surface area contributed by atoms with Gasteiger partial charge < -0.3 is 14.2 Å². The van der Waals surface area contributed by atoms with Crippen molar-refractivity contribution < 1.29 is 19.0 Å². The van der Waals surface area contributed by atoms with Crippen molar-refractivity contribution in [3.05, 3.63) is 65.5 Å². The van der Waals surface area contributed by atoms with Crippen molar-refractivity contribution >= 4 is 11.5 Å². The van der Waals surface area contributed by atoms with Crippen molar-refractivity contribution in [2.75, 3.05) is 14.2 Å². The van der Waals surface area contributed by atoms with Crippen molar-refractivity contribution in [2.45, 2.75) is 32.8 Å². The molecule has 1 aromatic heterocycles. The number of esters is 1. The first-order chi connectivity index (χ1) is 12.4. The van der Waals surface area contributed by atoms with Gasteiger partial charge in [-0.15, -0.1) is 0 Å². The van der Waals surface area contributed by atoms with Crippen LogP contribution in [0, 0.1) is 0 Å². The minimum Gasteiger partial charge on any atom is -0.503 e. The van der Waals surface area contributed by atoms with Crippen LogP contribution in [0.3, 0.4) is 0 Å². The summed E-state index contributed by atoms with van der Waals surface area (Å²) >= 11 is 0. The second-order valence-electron chi connectivity index (χ2n) is 6.82. The number of hydrogen-bond acceptors (Lipinski definition) is 5. The molecule has 0 saturated carbocycles. The van der Waals surface area contributed by atoms with Crippen LogP contribution in [0.25, 0.3) is 5.57 Å². The number of aromatic nitrogens is 1. The third-order valence-electron chi connectivity index (χ3n) is 3.82. The van der Waals surface area contributed by atoms with E-state index in [0.29, 0.717) is 17.0 Å². The summed E-state index contributed by atoms with van der Waals surface area (Å²) in [5.74, 6) is 0.0784. The zero-order valence-corrected chi connectivity index (χ0v) is 15.9. The zero-order valence-electron chi connectivity index (χ0n) is 15.9. The minimum atomic E-state index is -0.466. The van der Waals surface area contributed by atoms with Gasteiger partial charge in [0.2, 0.25) is 5.88 Å². The molecule has 0 saturated heterocycles. The molecule has 2 rings (SSSR count). The van der Waals surface area contributed by atoms with E-state index in [4.69, 9.17) is 14.2 Å². The van der Waals surface area contributed by atoms with Crippen molar-refractivity contribution in [1.29, 1.82) is 0 Å². The maximum Gasteiger partial charge on any atom is 0.341 e. The number of benzene rings is 1. The summed E-state index contributed by atoms with van der Waals surface area (Å²) in [5, 5.41) is 0. The summed E-state index contributed by atoms with van der Waals surface area (Å²) in [6.07, 6.45) is 1.38. The lowest BCUT2D eigenvalue weighted by molar-refractivity contribution is -0.133. The Hall–Kier alpha value is -2.82. The largest absolute Gasteiger partial charge is 0.503 e. The number of rotatable bonds is 6. The summed E-state index contributed by atoms with van der Waals surface area (Å²) in [7, 11) is 2.83. The van der Waals surface area contributed by atoms with Crippen molar-refractivity contribution in [2.24, 2.45) is 0 Å². The van der Waals surface area contributed by atoms with Gasteiger partial charge in [0.05, 0.1) is 20.5 Å². The van der Waals surface area contributed by atoms with Crippen LogP contribution >= 0.6 is 0 Å². The maximum atomic E-state index is 12.1. The molecule has 5 nitrogen and oxygen atoms in total. The molecular weight excluding hydrogens is 330 g/mol. The molecule has 1 heterocycles. The van der Waals surface area contributed by atoms with E-state index in [9.17, 15) is 4.79 Å². The molecule has 0 N–H and O–H groups in total. The molecule has 0 atom stereocenters. The van der Waals surface area contributed by atoms with Gasteiger partial charge in [0.1, 0.15) is 12.2 Å². The Morgan fingerprint density at radius 2 is 1.81 bits per heavy atom. The topological polar surface area (TPSA) is 57.7 Å². The predicted molar refractivity (Wildman–Crippen MR) is 101 cm³/mol. The van der Waals surface area contributed by atoms with E-state index in [-0.39, 0.29) is 12.0 Å². The Morgan fingerprint density at radius 3 is 2.46 bits per heavy atom. The smallest absolute Gasteiger partial charge is 0.341 e. The SMILES string of the molecule is CO/C=C(/C(=O)OC)c1ccccc1COc1cccc(C(C)(C)C)n1. The van der Waals surface area contributed by atoms with E-state index >= 15 is 0 Å². The number of methoxy groups -OCH3 is 2.